The molecule has 1 amide bonds. The second-order valence-corrected chi connectivity index (χ2v) is 9.29. The van der Waals surface area contributed by atoms with Crippen LogP contribution in [0.1, 0.15) is 59.1 Å². The Morgan fingerprint density at radius 1 is 1.32 bits per heavy atom. The van der Waals surface area contributed by atoms with E-state index in [-0.39, 0.29) is 16.7 Å². The Balaban J connectivity index is 1.79. The third-order valence-corrected chi connectivity index (χ3v) is 6.31. The molecule has 1 aliphatic heterocycles. The van der Waals surface area contributed by atoms with Crippen LogP contribution in [0.25, 0.3) is 0 Å². The number of piperidine rings is 1. The number of carbonyl (C=O) groups is 1. The van der Waals surface area contributed by atoms with Gasteiger partial charge in [-0.2, -0.15) is 0 Å². The Hall–Kier alpha value is -1.96. The SMILES string of the molecule is CCC(C)(C)NC(=O)C(C)Sc1nnc(N2CCCCC2)n1Cc1ccco1. The Bertz CT molecular complexity index is 766. The summed E-state index contributed by atoms with van der Waals surface area (Å²) in [7, 11) is 0. The number of thioether (sulfide) groups is 1. The minimum atomic E-state index is -0.264. The number of hydrogen-bond donors (Lipinski definition) is 1. The summed E-state index contributed by atoms with van der Waals surface area (Å²) < 4.78 is 7.63. The lowest BCUT2D eigenvalue weighted by Gasteiger charge is -2.28. The maximum absolute atomic E-state index is 12.6. The minimum absolute atomic E-state index is 0.0175. The molecule has 0 bridgehead atoms. The Labute approximate surface area is 171 Å². The monoisotopic (exact) mass is 405 g/mol. The van der Waals surface area contributed by atoms with Crippen molar-refractivity contribution in [3.8, 4) is 0 Å². The van der Waals surface area contributed by atoms with E-state index in [9.17, 15) is 4.79 Å². The molecule has 154 valence electrons. The zero-order valence-corrected chi connectivity index (χ0v) is 18.1. The third kappa shape index (κ3) is 5.10. The van der Waals surface area contributed by atoms with Crippen LogP contribution < -0.4 is 10.2 Å². The molecule has 28 heavy (non-hydrogen) atoms. The van der Waals surface area contributed by atoms with E-state index in [0.717, 1.165) is 36.4 Å². The molecule has 1 aliphatic rings. The van der Waals surface area contributed by atoms with Crippen molar-refractivity contribution in [1.82, 2.24) is 20.1 Å². The number of furan rings is 1. The second-order valence-electron chi connectivity index (χ2n) is 7.98. The van der Waals surface area contributed by atoms with Gasteiger partial charge >= 0.3 is 0 Å². The van der Waals surface area contributed by atoms with Crippen molar-refractivity contribution >= 4 is 23.6 Å². The first-order chi connectivity index (χ1) is 13.4. The molecule has 3 rings (SSSR count). The van der Waals surface area contributed by atoms with E-state index in [1.165, 1.54) is 31.0 Å². The van der Waals surface area contributed by atoms with E-state index in [2.05, 4.69) is 31.9 Å². The molecule has 0 spiro atoms. The molecule has 3 heterocycles. The second kappa shape index (κ2) is 9.03. The van der Waals surface area contributed by atoms with Crippen LogP contribution in [0.3, 0.4) is 0 Å². The predicted octanol–water partition coefficient (Wildman–Crippen LogP) is 3.70. The fraction of sp³-hybridized carbons (Fsp3) is 0.650. The molecule has 1 unspecified atom stereocenters. The summed E-state index contributed by atoms with van der Waals surface area (Å²) >= 11 is 1.45. The van der Waals surface area contributed by atoms with Crippen LogP contribution >= 0.6 is 11.8 Å². The molecule has 1 atom stereocenters. The summed E-state index contributed by atoms with van der Waals surface area (Å²) in [6, 6.07) is 3.84. The highest BCUT2D eigenvalue weighted by Crippen LogP contribution is 2.28. The molecule has 2 aromatic heterocycles. The molecule has 1 fully saturated rings. The Morgan fingerprint density at radius 2 is 2.07 bits per heavy atom. The number of amides is 1. The van der Waals surface area contributed by atoms with Crippen molar-refractivity contribution in [2.24, 2.45) is 0 Å². The molecule has 0 saturated carbocycles. The largest absolute Gasteiger partial charge is 0.467 e. The zero-order chi connectivity index (χ0) is 20.1. The molecular weight excluding hydrogens is 374 g/mol. The first-order valence-corrected chi connectivity index (χ1v) is 11.0. The molecule has 0 aliphatic carbocycles. The van der Waals surface area contributed by atoms with Crippen molar-refractivity contribution < 1.29 is 9.21 Å². The summed E-state index contributed by atoms with van der Waals surface area (Å²) in [5.74, 6) is 1.73. The van der Waals surface area contributed by atoms with Gasteiger partial charge in [-0.25, -0.2) is 0 Å². The number of aromatic nitrogens is 3. The average Bonchev–Trinajstić information content (AvgIpc) is 3.33. The number of nitrogens with one attached hydrogen (secondary N) is 1. The molecule has 1 saturated heterocycles. The van der Waals surface area contributed by atoms with Crippen molar-refractivity contribution in [3.63, 3.8) is 0 Å². The summed E-state index contributed by atoms with van der Waals surface area (Å²) in [5, 5.41) is 12.5. The number of rotatable bonds is 8. The topological polar surface area (TPSA) is 76.2 Å². The fourth-order valence-corrected chi connectivity index (χ4v) is 3.97. The van der Waals surface area contributed by atoms with Crippen molar-refractivity contribution in [2.75, 3.05) is 18.0 Å². The standard InChI is InChI=1S/C20H31N5O2S/c1-5-20(3,4)21-17(26)15(2)28-19-23-22-18(24-11-7-6-8-12-24)25(19)14-16-10-9-13-27-16/h9-10,13,15H,5-8,11-12,14H2,1-4H3,(H,21,26). The zero-order valence-electron chi connectivity index (χ0n) is 17.3. The summed E-state index contributed by atoms with van der Waals surface area (Å²) in [4.78, 5) is 14.9. The number of hydrogen-bond acceptors (Lipinski definition) is 6. The van der Waals surface area contributed by atoms with Gasteiger partial charge < -0.3 is 14.6 Å². The predicted molar refractivity (Wildman–Crippen MR) is 112 cm³/mol. The van der Waals surface area contributed by atoms with Gasteiger partial charge in [-0.05, 0) is 58.6 Å². The van der Waals surface area contributed by atoms with Crippen LogP contribution in [0.2, 0.25) is 0 Å². The quantitative estimate of drug-likeness (QED) is 0.675. The lowest BCUT2D eigenvalue weighted by Crippen LogP contribution is -2.46. The van der Waals surface area contributed by atoms with Gasteiger partial charge in [0.1, 0.15) is 5.76 Å². The first kappa shape index (κ1) is 20.8. The van der Waals surface area contributed by atoms with Crippen LogP contribution in [-0.2, 0) is 11.3 Å². The fourth-order valence-electron chi connectivity index (χ4n) is 3.13. The van der Waals surface area contributed by atoms with Crippen LogP contribution in [0.15, 0.2) is 28.0 Å². The van der Waals surface area contributed by atoms with Crippen LogP contribution in [0, 0.1) is 0 Å². The Kier molecular flexibility index (Phi) is 6.69. The lowest BCUT2D eigenvalue weighted by molar-refractivity contribution is -0.121. The Morgan fingerprint density at radius 3 is 2.71 bits per heavy atom. The maximum atomic E-state index is 12.6. The lowest BCUT2D eigenvalue weighted by atomic mass is 10.0. The van der Waals surface area contributed by atoms with Crippen LogP contribution in [-0.4, -0.2) is 44.6 Å². The normalized spacial score (nSPS) is 16.2. The van der Waals surface area contributed by atoms with Gasteiger partial charge in [0.15, 0.2) is 5.16 Å². The summed E-state index contributed by atoms with van der Waals surface area (Å²) in [6.45, 7) is 10.6. The molecule has 0 aromatic carbocycles. The number of anilines is 1. The minimum Gasteiger partial charge on any atom is -0.467 e. The molecular formula is C20H31N5O2S. The van der Waals surface area contributed by atoms with E-state index in [1.807, 2.05) is 32.9 Å². The summed E-state index contributed by atoms with van der Waals surface area (Å²) in [5.41, 5.74) is -0.216. The van der Waals surface area contributed by atoms with Crippen molar-refractivity contribution in [3.05, 3.63) is 24.2 Å². The third-order valence-electron chi connectivity index (χ3n) is 5.23. The first-order valence-electron chi connectivity index (χ1n) is 10.1. The van der Waals surface area contributed by atoms with Gasteiger partial charge in [-0.15, -0.1) is 10.2 Å². The molecule has 1 N–H and O–H groups in total. The van der Waals surface area contributed by atoms with Gasteiger partial charge in [0.05, 0.1) is 18.1 Å². The smallest absolute Gasteiger partial charge is 0.233 e. The maximum Gasteiger partial charge on any atom is 0.233 e. The highest BCUT2D eigenvalue weighted by Gasteiger charge is 2.26. The highest BCUT2D eigenvalue weighted by molar-refractivity contribution is 8.00. The van der Waals surface area contributed by atoms with E-state index >= 15 is 0 Å². The van der Waals surface area contributed by atoms with Crippen LogP contribution in [0.5, 0.6) is 0 Å². The number of carbonyl (C=O) groups excluding carboxylic acids is 1. The highest BCUT2D eigenvalue weighted by atomic mass is 32.2. The van der Waals surface area contributed by atoms with E-state index in [4.69, 9.17) is 4.42 Å². The molecule has 7 nitrogen and oxygen atoms in total. The van der Waals surface area contributed by atoms with Crippen LogP contribution in [0.4, 0.5) is 5.95 Å². The van der Waals surface area contributed by atoms with Gasteiger partial charge in [0, 0.05) is 18.6 Å². The van der Waals surface area contributed by atoms with Gasteiger partial charge in [-0.3, -0.25) is 9.36 Å². The molecule has 2 aromatic rings. The number of nitrogens with zero attached hydrogens (tertiary/aromatic N) is 4. The van der Waals surface area contributed by atoms with Gasteiger partial charge in [0.25, 0.3) is 0 Å². The van der Waals surface area contributed by atoms with E-state index < -0.39 is 0 Å². The average molecular weight is 406 g/mol. The van der Waals surface area contributed by atoms with Crippen molar-refractivity contribution in [2.45, 2.75) is 75.9 Å². The summed E-state index contributed by atoms with van der Waals surface area (Å²) in [6.07, 6.45) is 6.15. The molecule has 0 radical (unpaired) electrons. The van der Waals surface area contributed by atoms with E-state index in [0.29, 0.717) is 6.54 Å². The van der Waals surface area contributed by atoms with Gasteiger partial charge in [0.2, 0.25) is 11.9 Å². The van der Waals surface area contributed by atoms with Gasteiger partial charge in [-0.1, -0.05) is 18.7 Å². The van der Waals surface area contributed by atoms with E-state index in [1.54, 1.807) is 6.26 Å². The molecule has 8 heteroatoms. The van der Waals surface area contributed by atoms with Crippen molar-refractivity contribution in [1.29, 1.82) is 0 Å².